The first-order chi connectivity index (χ1) is 7.70. The van der Waals surface area contributed by atoms with Gasteiger partial charge in [-0.25, -0.2) is 13.9 Å². The Kier molecular flexibility index (Phi) is 2.62. The van der Waals surface area contributed by atoms with Crippen molar-refractivity contribution in [2.24, 2.45) is 4.99 Å². The van der Waals surface area contributed by atoms with E-state index in [0.29, 0.717) is 5.69 Å². The van der Waals surface area contributed by atoms with Crippen molar-refractivity contribution in [2.75, 3.05) is 0 Å². The summed E-state index contributed by atoms with van der Waals surface area (Å²) in [6, 6.07) is 4.20. The predicted molar refractivity (Wildman–Crippen MR) is 56.0 cm³/mol. The molecular weight excluding hydrogens is 209 g/mol. The average Bonchev–Trinajstić information content (AvgIpc) is 2.65. The van der Waals surface area contributed by atoms with Crippen LogP contribution in [0.2, 0.25) is 0 Å². The molecule has 1 aromatic carbocycles. The van der Waals surface area contributed by atoms with E-state index in [-0.39, 0.29) is 5.69 Å². The molecule has 0 amide bonds. The lowest BCUT2D eigenvalue weighted by Crippen LogP contribution is -1.97. The predicted octanol–water partition coefficient (Wildman–Crippen LogP) is 2.29. The molecule has 80 valence electrons. The van der Waals surface area contributed by atoms with Crippen molar-refractivity contribution in [2.45, 2.75) is 6.92 Å². The Morgan fingerprint density at radius 3 is 2.88 bits per heavy atom. The van der Waals surface area contributed by atoms with Crippen LogP contribution in [0, 0.1) is 12.7 Å². The van der Waals surface area contributed by atoms with Crippen molar-refractivity contribution in [3.05, 3.63) is 42.0 Å². The second-order valence-corrected chi connectivity index (χ2v) is 3.30. The maximum Gasteiger partial charge on any atom is 0.240 e. The van der Waals surface area contributed by atoms with Crippen molar-refractivity contribution >= 4 is 11.8 Å². The molecule has 5 heteroatoms. The number of rotatable bonds is 2. The number of aliphatic imine (C=N–C) groups is 1. The smallest absolute Gasteiger partial charge is 0.238 e. The molecule has 1 heterocycles. The molecule has 0 bridgehead atoms. The van der Waals surface area contributed by atoms with Gasteiger partial charge in [0.05, 0.1) is 11.9 Å². The van der Waals surface area contributed by atoms with Gasteiger partial charge in [-0.15, -0.1) is 0 Å². The van der Waals surface area contributed by atoms with Gasteiger partial charge in [-0.1, -0.05) is 0 Å². The normalized spacial score (nSPS) is 9.88. The van der Waals surface area contributed by atoms with E-state index in [1.165, 1.54) is 22.9 Å². The lowest BCUT2D eigenvalue weighted by Gasteiger charge is -2.02. The van der Waals surface area contributed by atoms with E-state index in [1.54, 1.807) is 12.4 Å². The number of aromatic nitrogens is 2. The van der Waals surface area contributed by atoms with Crippen LogP contribution in [0.3, 0.4) is 0 Å². The Hall–Kier alpha value is -2.26. The molecule has 0 aliphatic heterocycles. The zero-order chi connectivity index (χ0) is 11.5. The van der Waals surface area contributed by atoms with Gasteiger partial charge in [0, 0.05) is 12.3 Å². The van der Waals surface area contributed by atoms with Crippen LogP contribution >= 0.6 is 0 Å². The summed E-state index contributed by atoms with van der Waals surface area (Å²) in [5.41, 5.74) is 1.49. The molecule has 0 unspecified atom stereocenters. The van der Waals surface area contributed by atoms with Crippen LogP contribution < -0.4 is 0 Å². The minimum Gasteiger partial charge on any atom is -0.238 e. The highest BCUT2D eigenvalue weighted by Crippen LogP contribution is 2.19. The molecule has 0 atom stereocenters. The third-order valence-electron chi connectivity index (χ3n) is 2.06. The number of aryl methyl sites for hydroxylation is 1. The molecule has 0 aliphatic carbocycles. The Morgan fingerprint density at radius 1 is 1.50 bits per heavy atom. The molecule has 0 N–H and O–H groups in total. The SMILES string of the molecule is Cc1cnn(-c2ccc(N=C=O)cc2F)c1. The number of nitrogens with zero attached hydrogens (tertiary/aromatic N) is 3. The third-order valence-corrected chi connectivity index (χ3v) is 2.06. The number of hydrogen-bond donors (Lipinski definition) is 0. The van der Waals surface area contributed by atoms with Gasteiger partial charge in [0.25, 0.3) is 0 Å². The van der Waals surface area contributed by atoms with E-state index >= 15 is 0 Å². The lowest BCUT2D eigenvalue weighted by molar-refractivity contribution is 0.565. The topological polar surface area (TPSA) is 47.2 Å². The van der Waals surface area contributed by atoms with E-state index in [9.17, 15) is 9.18 Å². The van der Waals surface area contributed by atoms with Gasteiger partial charge < -0.3 is 0 Å². The molecule has 1 aromatic heterocycles. The van der Waals surface area contributed by atoms with E-state index in [1.807, 2.05) is 6.92 Å². The molecule has 4 nitrogen and oxygen atoms in total. The summed E-state index contributed by atoms with van der Waals surface area (Å²) < 4.78 is 15.0. The zero-order valence-electron chi connectivity index (χ0n) is 8.51. The van der Waals surface area contributed by atoms with E-state index in [4.69, 9.17) is 0 Å². The van der Waals surface area contributed by atoms with Gasteiger partial charge in [0.15, 0.2) is 5.82 Å². The average molecular weight is 217 g/mol. The highest BCUT2D eigenvalue weighted by Gasteiger charge is 2.06. The fourth-order valence-electron chi connectivity index (χ4n) is 1.35. The highest BCUT2D eigenvalue weighted by atomic mass is 19.1. The number of benzene rings is 1. The maximum absolute atomic E-state index is 13.6. The molecule has 0 fully saturated rings. The second kappa shape index (κ2) is 4.08. The number of halogens is 1. The van der Waals surface area contributed by atoms with Crippen molar-refractivity contribution < 1.29 is 9.18 Å². The molecule has 2 rings (SSSR count). The van der Waals surface area contributed by atoms with Crippen molar-refractivity contribution in [1.82, 2.24) is 9.78 Å². The number of hydrogen-bond acceptors (Lipinski definition) is 3. The Balaban J connectivity index is 2.47. The van der Waals surface area contributed by atoms with Gasteiger partial charge >= 0.3 is 0 Å². The lowest BCUT2D eigenvalue weighted by atomic mass is 10.2. The Morgan fingerprint density at radius 2 is 2.31 bits per heavy atom. The van der Waals surface area contributed by atoms with Crippen LogP contribution in [-0.4, -0.2) is 15.9 Å². The van der Waals surface area contributed by atoms with E-state index < -0.39 is 5.82 Å². The summed E-state index contributed by atoms with van der Waals surface area (Å²) in [7, 11) is 0. The minimum atomic E-state index is -0.486. The largest absolute Gasteiger partial charge is 0.240 e. The van der Waals surface area contributed by atoms with Gasteiger partial charge in [-0.05, 0) is 24.6 Å². The molecule has 16 heavy (non-hydrogen) atoms. The summed E-state index contributed by atoms with van der Waals surface area (Å²) in [4.78, 5) is 13.3. The van der Waals surface area contributed by atoms with Crippen LogP contribution in [0.25, 0.3) is 5.69 Å². The minimum absolute atomic E-state index is 0.236. The monoisotopic (exact) mass is 217 g/mol. The van der Waals surface area contributed by atoms with Crippen LogP contribution in [-0.2, 0) is 4.79 Å². The summed E-state index contributed by atoms with van der Waals surface area (Å²) in [6.07, 6.45) is 4.71. The Bertz CT molecular complexity index is 570. The van der Waals surface area contributed by atoms with E-state index in [0.717, 1.165) is 11.6 Å². The van der Waals surface area contributed by atoms with Crippen molar-refractivity contribution in [3.8, 4) is 5.69 Å². The van der Waals surface area contributed by atoms with Crippen LogP contribution in [0.4, 0.5) is 10.1 Å². The van der Waals surface area contributed by atoms with Crippen molar-refractivity contribution in [3.63, 3.8) is 0 Å². The number of isocyanates is 1. The van der Waals surface area contributed by atoms with E-state index in [2.05, 4.69) is 10.1 Å². The third kappa shape index (κ3) is 1.89. The fraction of sp³-hybridized carbons (Fsp3) is 0.0909. The van der Waals surface area contributed by atoms with Crippen LogP contribution in [0.1, 0.15) is 5.56 Å². The maximum atomic E-state index is 13.6. The molecule has 0 spiro atoms. The van der Waals surface area contributed by atoms with Crippen LogP contribution in [0.15, 0.2) is 35.6 Å². The number of carbonyl (C=O) groups excluding carboxylic acids is 1. The molecule has 0 saturated carbocycles. The van der Waals surface area contributed by atoms with Crippen molar-refractivity contribution in [1.29, 1.82) is 0 Å². The molecular formula is C11H8FN3O. The second-order valence-electron chi connectivity index (χ2n) is 3.30. The van der Waals surface area contributed by atoms with Gasteiger partial charge in [0.1, 0.15) is 5.69 Å². The summed E-state index contributed by atoms with van der Waals surface area (Å²) in [6.45, 7) is 1.87. The van der Waals surface area contributed by atoms with Gasteiger partial charge in [-0.2, -0.15) is 10.1 Å². The van der Waals surface area contributed by atoms with Gasteiger partial charge in [0.2, 0.25) is 6.08 Å². The molecule has 0 saturated heterocycles. The van der Waals surface area contributed by atoms with Gasteiger partial charge in [-0.3, -0.25) is 0 Å². The quantitative estimate of drug-likeness (QED) is 0.572. The summed E-state index contributed by atoms with van der Waals surface area (Å²) in [5, 5.41) is 3.99. The summed E-state index contributed by atoms with van der Waals surface area (Å²) in [5.74, 6) is -0.486. The Labute approximate surface area is 91.0 Å². The first kappa shape index (κ1) is 10.3. The zero-order valence-corrected chi connectivity index (χ0v) is 8.51. The highest BCUT2D eigenvalue weighted by molar-refractivity contribution is 5.52. The fourth-order valence-corrected chi connectivity index (χ4v) is 1.35. The first-order valence-electron chi connectivity index (χ1n) is 4.60. The van der Waals surface area contributed by atoms with Crippen LogP contribution in [0.5, 0.6) is 0 Å². The standard InChI is InChI=1S/C11H8FN3O/c1-8-5-14-15(6-8)11-3-2-9(13-7-16)4-10(11)12/h2-6H,1H3. The summed E-state index contributed by atoms with van der Waals surface area (Å²) >= 11 is 0. The molecule has 2 aromatic rings. The first-order valence-corrected chi connectivity index (χ1v) is 4.60. The molecule has 0 aliphatic rings. The molecule has 0 radical (unpaired) electrons.